The Labute approximate surface area is 100 Å². The molecule has 0 atom stereocenters. The molecule has 0 radical (unpaired) electrons. The van der Waals surface area contributed by atoms with E-state index in [1.54, 1.807) is 0 Å². The fourth-order valence-electron chi connectivity index (χ4n) is 1.82. The largest absolute Gasteiger partial charge is 0.549 e. The molecule has 0 amide bonds. The van der Waals surface area contributed by atoms with E-state index >= 15 is 0 Å². The van der Waals surface area contributed by atoms with Crippen molar-refractivity contribution in [2.24, 2.45) is 0 Å². The number of rotatable bonds is 6. The molecule has 1 nitrogen and oxygen atoms in total. The Balaban J connectivity index is 2.59. The average molecular weight is 234 g/mol. The Morgan fingerprint density at radius 1 is 1.00 bits per heavy atom. The summed E-state index contributed by atoms with van der Waals surface area (Å²) in [6.07, 6.45) is 3.96. The molecule has 1 rings (SSSR count). The zero-order valence-electron chi connectivity index (χ0n) is 10.6. The van der Waals surface area contributed by atoms with Gasteiger partial charge in [0.25, 0.3) is 0 Å². The third kappa shape index (κ3) is 3.53. The van der Waals surface area contributed by atoms with Crippen LogP contribution in [-0.4, -0.2) is 8.32 Å². The normalized spacial score (nSPS) is 11.9. The zero-order chi connectivity index (χ0) is 11.9. The van der Waals surface area contributed by atoms with Crippen molar-refractivity contribution in [3.8, 4) is 0 Å². The van der Waals surface area contributed by atoms with Gasteiger partial charge >= 0.3 is 0 Å². The quantitative estimate of drug-likeness (QED) is 0.513. The van der Waals surface area contributed by atoms with Crippen LogP contribution in [0.5, 0.6) is 0 Å². The standard InChI is InChI=1S/C14H22OSi/c1-4-16(5-2,6-3)15-13-12-14-10-8-7-9-11-14/h7-13H,4-6H2,1-3H3/b13-12+. The first kappa shape index (κ1) is 13.0. The van der Waals surface area contributed by atoms with Gasteiger partial charge in [0.05, 0.1) is 6.26 Å². The zero-order valence-corrected chi connectivity index (χ0v) is 11.6. The van der Waals surface area contributed by atoms with Gasteiger partial charge in [0, 0.05) is 0 Å². The molecule has 1 aromatic rings. The Morgan fingerprint density at radius 3 is 2.06 bits per heavy atom. The van der Waals surface area contributed by atoms with Gasteiger partial charge in [-0.05, 0) is 29.8 Å². The molecule has 0 aliphatic carbocycles. The smallest absolute Gasteiger partial charge is 0.249 e. The van der Waals surface area contributed by atoms with Crippen LogP contribution in [-0.2, 0) is 4.43 Å². The Bertz CT molecular complexity index is 307. The fraction of sp³-hybridized carbons (Fsp3) is 0.429. The predicted molar refractivity (Wildman–Crippen MR) is 73.8 cm³/mol. The molecule has 0 saturated heterocycles. The maximum Gasteiger partial charge on any atom is 0.249 e. The predicted octanol–water partition coefficient (Wildman–Crippen LogP) is 4.68. The van der Waals surface area contributed by atoms with Gasteiger partial charge in [-0.3, -0.25) is 0 Å². The van der Waals surface area contributed by atoms with Crippen molar-refractivity contribution in [3.63, 3.8) is 0 Å². The first-order valence-electron chi connectivity index (χ1n) is 6.15. The molecule has 0 unspecified atom stereocenters. The van der Waals surface area contributed by atoms with Gasteiger partial charge in [-0.15, -0.1) is 0 Å². The number of hydrogen-bond donors (Lipinski definition) is 0. The molecule has 0 aromatic heterocycles. The second kappa shape index (κ2) is 6.54. The summed E-state index contributed by atoms with van der Waals surface area (Å²) >= 11 is 0. The van der Waals surface area contributed by atoms with E-state index in [4.69, 9.17) is 4.43 Å². The summed E-state index contributed by atoms with van der Waals surface area (Å²) in [6, 6.07) is 13.9. The maximum absolute atomic E-state index is 6.04. The highest BCUT2D eigenvalue weighted by Crippen LogP contribution is 2.22. The van der Waals surface area contributed by atoms with Crippen LogP contribution in [0.25, 0.3) is 6.08 Å². The summed E-state index contributed by atoms with van der Waals surface area (Å²) < 4.78 is 6.04. The van der Waals surface area contributed by atoms with Crippen LogP contribution in [0, 0.1) is 0 Å². The molecular formula is C14H22OSi. The number of hydrogen-bond acceptors (Lipinski definition) is 1. The van der Waals surface area contributed by atoms with Gasteiger partial charge < -0.3 is 4.43 Å². The van der Waals surface area contributed by atoms with Crippen molar-refractivity contribution >= 4 is 14.4 Å². The molecule has 0 spiro atoms. The third-order valence-electron chi connectivity index (χ3n) is 3.31. The van der Waals surface area contributed by atoms with E-state index in [1.165, 1.54) is 23.7 Å². The van der Waals surface area contributed by atoms with Gasteiger partial charge in [0.2, 0.25) is 8.32 Å². The van der Waals surface area contributed by atoms with Gasteiger partial charge in [-0.2, -0.15) is 0 Å². The van der Waals surface area contributed by atoms with Crippen molar-refractivity contribution in [2.75, 3.05) is 0 Å². The molecule has 0 saturated carbocycles. The minimum atomic E-state index is -1.46. The molecule has 0 bridgehead atoms. The van der Waals surface area contributed by atoms with E-state index in [1.807, 2.05) is 24.5 Å². The lowest BCUT2D eigenvalue weighted by atomic mass is 10.2. The summed E-state index contributed by atoms with van der Waals surface area (Å²) in [5.41, 5.74) is 1.20. The van der Waals surface area contributed by atoms with E-state index in [0.29, 0.717) is 0 Å². The van der Waals surface area contributed by atoms with Crippen molar-refractivity contribution in [1.82, 2.24) is 0 Å². The maximum atomic E-state index is 6.04. The SMILES string of the molecule is CC[Si](CC)(CC)O/C=C/c1ccccc1. The van der Waals surface area contributed by atoms with Crippen molar-refractivity contribution < 1.29 is 4.43 Å². The van der Waals surface area contributed by atoms with Crippen molar-refractivity contribution in [3.05, 3.63) is 42.2 Å². The van der Waals surface area contributed by atoms with Gasteiger partial charge in [-0.25, -0.2) is 0 Å². The minimum Gasteiger partial charge on any atom is -0.549 e. The van der Waals surface area contributed by atoms with Gasteiger partial charge in [0.1, 0.15) is 0 Å². The Kier molecular flexibility index (Phi) is 5.33. The topological polar surface area (TPSA) is 9.23 Å². The highest BCUT2D eigenvalue weighted by molar-refractivity contribution is 6.73. The van der Waals surface area contributed by atoms with E-state index in [0.717, 1.165) is 0 Å². The van der Waals surface area contributed by atoms with Crippen LogP contribution >= 0.6 is 0 Å². The molecule has 0 N–H and O–H groups in total. The summed E-state index contributed by atoms with van der Waals surface area (Å²) in [6.45, 7) is 6.74. The lowest BCUT2D eigenvalue weighted by Crippen LogP contribution is -2.33. The third-order valence-corrected chi connectivity index (χ3v) is 7.81. The molecule has 88 valence electrons. The molecule has 0 aliphatic heterocycles. The molecule has 1 aromatic carbocycles. The summed E-state index contributed by atoms with van der Waals surface area (Å²) in [4.78, 5) is 0. The van der Waals surface area contributed by atoms with Crippen LogP contribution < -0.4 is 0 Å². The molecule has 0 heterocycles. The minimum absolute atomic E-state index is 1.19. The molecule has 0 aliphatic rings. The summed E-state index contributed by atoms with van der Waals surface area (Å²) in [7, 11) is -1.46. The molecule has 2 heteroatoms. The Hall–Kier alpha value is -1.02. The Morgan fingerprint density at radius 2 is 1.56 bits per heavy atom. The van der Waals surface area contributed by atoms with Crippen molar-refractivity contribution in [1.29, 1.82) is 0 Å². The van der Waals surface area contributed by atoms with E-state index < -0.39 is 8.32 Å². The highest BCUT2D eigenvalue weighted by Gasteiger charge is 2.28. The van der Waals surface area contributed by atoms with Crippen LogP contribution in [0.3, 0.4) is 0 Å². The van der Waals surface area contributed by atoms with E-state index in [9.17, 15) is 0 Å². The van der Waals surface area contributed by atoms with Crippen LogP contribution in [0.1, 0.15) is 26.3 Å². The lowest BCUT2D eigenvalue weighted by molar-refractivity contribution is 0.462. The van der Waals surface area contributed by atoms with Gasteiger partial charge in [0.15, 0.2) is 0 Å². The molecule has 0 fully saturated rings. The van der Waals surface area contributed by atoms with E-state index in [-0.39, 0.29) is 0 Å². The van der Waals surface area contributed by atoms with Gasteiger partial charge in [-0.1, -0.05) is 51.1 Å². The fourth-order valence-corrected chi connectivity index (χ4v) is 4.18. The van der Waals surface area contributed by atoms with Crippen LogP contribution in [0.15, 0.2) is 36.6 Å². The first-order chi connectivity index (χ1) is 7.76. The lowest BCUT2D eigenvalue weighted by Gasteiger charge is -2.26. The monoisotopic (exact) mass is 234 g/mol. The number of benzene rings is 1. The van der Waals surface area contributed by atoms with Crippen LogP contribution in [0.2, 0.25) is 18.1 Å². The van der Waals surface area contributed by atoms with Crippen LogP contribution in [0.4, 0.5) is 0 Å². The molecular weight excluding hydrogens is 212 g/mol. The summed E-state index contributed by atoms with van der Waals surface area (Å²) in [5.74, 6) is 0. The highest BCUT2D eigenvalue weighted by atomic mass is 28.4. The second-order valence-electron chi connectivity index (χ2n) is 4.07. The average Bonchev–Trinajstić information content (AvgIpc) is 2.37. The van der Waals surface area contributed by atoms with E-state index in [2.05, 4.69) is 39.0 Å². The molecule has 16 heavy (non-hydrogen) atoms. The summed E-state index contributed by atoms with van der Waals surface area (Å²) in [5, 5.41) is 0. The first-order valence-corrected chi connectivity index (χ1v) is 8.68. The second-order valence-corrected chi connectivity index (χ2v) is 8.80. The van der Waals surface area contributed by atoms with Crippen molar-refractivity contribution in [2.45, 2.75) is 38.9 Å².